The molecule has 3 N–H and O–H groups in total. The summed E-state index contributed by atoms with van der Waals surface area (Å²) in [6.45, 7) is 0. The fourth-order valence-electron chi connectivity index (χ4n) is 1.61. The average Bonchev–Trinajstić information content (AvgIpc) is 2.42. The number of nitrogens with two attached hydrogens (primary N) is 1. The number of benzene rings is 1. The zero-order chi connectivity index (χ0) is 14.6. The fourth-order valence-corrected chi connectivity index (χ4v) is 3.05. The Hall–Kier alpha value is -1.60. The topological polar surface area (TPSA) is 85.1 Å². The van der Waals surface area contributed by atoms with Gasteiger partial charge in [-0.05, 0) is 46.3 Å². The van der Waals surface area contributed by atoms with Crippen LogP contribution in [0.4, 0.5) is 11.4 Å². The lowest BCUT2D eigenvalue weighted by atomic mass is 10.3. The molecule has 2 aromatic rings. The van der Waals surface area contributed by atoms with Gasteiger partial charge < -0.3 is 5.73 Å². The predicted octanol–water partition coefficient (Wildman–Crippen LogP) is 2.41. The Bertz CT molecular complexity index is 690. The number of rotatable bonds is 5. The average molecular weight is 356 g/mol. The van der Waals surface area contributed by atoms with Gasteiger partial charge in [0.2, 0.25) is 10.0 Å². The highest BCUT2D eigenvalue weighted by molar-refractivity contribution is 9.10. The maximum Gasteiger partial charge on any atom is 0.233 e. The van der Waals surface area contributed by atoms with Crippen LogP contribution in [-0.2, 0) is 16.4 Å². The second kappa shape index (κ2) is 6.23. The van der Waals surface area contributed by atoms with Crippen LogP contribution in [-0.4, -0.2) is 19.2 Å². The second-order valence-electron chi connectivity index (χ2n) is 4.23. The molecule has 0 aliphatic rings. The summed E-state index contributed by atoms with van der Waals surface area (Å²) in [4.78, 5) is 4.10. The molecule has 20 heavy (non-hydrogen) atoms. The zero-order valence-electron chi connectivity index (χ0n) is 10.6. The van der Waals surface area contributed by atoms with Gasteiger partial charge in [-0.3, -0.25) is 9.71 Å². The van der Waals surface area contributed by atoms with E-state index in [-0.39, 0.29) is 5.75 Å². The van der Waals surface area contributed by atoms with Crippen molar-refractivity contribution < 1.29 is 8.42 Å². The van der Waals surface area contributed by atoms with Crippen molar-refractivity contribution in [1.82, 2.24) is 4.98 Å². The van der Waals surface area contributed by atoms with Crippen molar-refractivity contribution in [3.8, 4) is 0 Å². The van der Waals surface area contributed by atoms with Crippen LogP contribution in [0.1, 0.15) is 5.69 Å². The van der Waals surface area contributed by atoms with Crippen LogP contribution in [0.3, 0.4) is 0 Å². The van der Waals surface area contributed by atoms with Crippen molar-refractivity contribution in [1.29, 1.82) is 0 Å². The van der Waals surface area contributed by atoms with Gasteiger partial charge in [-0.2, -0.15) is 0 Å². The summed E-state index contributed by atoms with van der Waals surface area (Å²) >= 11 is 3.26. The third-order valence-corrected chi connectivity index (χ3v) is 4.60. The third-order valence-electron chi connectivity index (χ3n) is 2.63. The van der Waals surface area contributed by atoms with Crippen molar-refractivity contribution in [2.45, 2.75) is 6.42 Å². The standard InChI is InChI=1S/C13H14BrN3O2S/c14-12-9-11(4-5-13(12)15)17-20(18,19)8-6-10-3-1-2-7-16-10/h1-5,7,9,17H,6,8,15H2. The molecule has 0 unspecified atom stereocenters. The molecule has 0 bridgehead atoms. The van der Waals surface area contributed by atoms with Crippen molar-refractivity contribution in [3.63, 3.8) is 0 Å². The molecular formula is C13H14BrN3O2S. The quantitative estimate of drug-likeness (QED) is 0.806. The number of hydrogen-bond donors (Lipinski definition) is 2. The number of pyridine rings is 1. The summed E-state index contributed by atoms with van der Waals surface area (Å²) in [6, 6.07) is 10.3. The molecule has 106 valence electrons. The van der Waals surface area contributed by atoms with E-state index in [1.807, 2.05) is 6.07 Å². The summed E-state index contributed by atoms with van der Waals surface area (Å²) in [5.74, 6) is -0.0218. The van der Waals surface area contributed by atoms with E-state index in [9.17, 15) is 8.42 Å². The molecule has 0 atom stereocenters. The maximum absolute atomic E-state index is 12.0. The van der Waals surface area contributed by atoms with Gasteiger partial charge in [0.1, 0.15) is 0 Å². The molecule has 0 amide bonds. The van der Waals surface area contributed by atoms with Crippen LogP contribution in [0, 0.1) is 0 Å². The molecule has 7 heteroatoms. The van der Waals surface area contributed by atoms with Gasteiger partial charge in [-0.1, -0.05) is 6.07 Å². The smallest absolute Gasteiger partial charge is 0.233 e. The molecule has 0 fully saturated rings. The first-order valence-electron chi connectivity index (χ1n) is 5.92. The summed E-state index contributed by atoms with van der Waals surface area (Å²) in [5.41, 5.74) is 7.44. The number of hydrogen-bond acceptors (Lipinski definition) is 4. The Morgan fingerprint density at radius 2 is 2.05 bits per heavy atom. The predicted molar refractivity (Wildman–Crippen MR) is 83.9 cm³/mol. The Kier molecular flexibility index (Phi) is 4.61. The Labute approximate surface area is 126 Å². The molecule has 0 aliphatic carbocycles. The minimum Gasteiger partial charge on any atom is -0.398 e. The molecule has 1 aromatic heterocycles. The largest absolute Gasteiger partial charge is 0.398 e. The first kappa shape index (κ1) is 14.8. The number of nitrogens with one attached hydrogen (secondary N) is 1. The van der Waals surface area contributed by atoms with E-state index >= 15 is 0 Å². The lowest BCUT2D eigenvalue weighted by Gasteiger charge is -2.09. The van der Waals surface area contributed by atoms with E-state index < -0.39 is 10.0 Å². The molecule has 2 rings (SSSR count). The van der Waals surface area contributed by atoms with E-state index in [0.29, 0.717) is 22.3 Å². The lowest BCUT2D eigenvalue weighted by Crippen LogP contribution is -2.18. The normalized spacial score (nSPS) is 11.2. The van der Waals surface area contributed by atoms with Crippen molar-refractivity contribution >= 4 is 37.3 Å². The second-order valence-corrected chi connectivity index (χ2v) is 6.92. The Balaban J connectivity index is 2.02. The summed E-state index contributed by atoms with van der Waals surface area (Å²) in [5, 5.41) is 0. The van der Waals surface area contributed by atoms with Crippen molar-refractivity contribution in [3.05, 3.63) is 52.8 Å². The number of anilines is 2. The van der Waals surface area contributed by atoms with Crippen LogP contribution in [0.25, 0.3) is 0 Å². The van der Waals surface area contributed by atoms with Crippen LogP contribution >= 0.6 is 15.9 Å². The number of aryl methyl sites for hydroxylation is 1. The summed E-state index contributed by atoms with van der Waals surface area (Å²) in [6.07, 6.45) is 2.01. The van der Waals surface area contributed by atoms with Crippen LogP contribution in [0.5, 0.6) is 0 Å². The van der Waals surface area contributed by atoms with Crippen molar-refractivity contribution in [2.75, 3.05) is 16.2 Å². The molecular weight excluding hydrogens is 342 g/mol. The van der Waals surface area contributed by atoms with Gasteiger partial charge in [0, 0.05) is 34.2 Å². The molecule has 5 nitrogen and oxygen atoms in total. The van der Waals surface area contributed by atoms with E-state index in [0.717, 1.165) is 5.69 Å². The number of aromatic nitrogens is 1. The van der Waals surface area contributed by atoms with Crippen molar-refractivity contribution in [2.24, 2.45) is 0 Å². The van der Waals surface area contributed by atoms with E-state index in [2.05, 4.69) is 25.6 Å². The first-order valence-corrected chi connectivity index (χ1v) is 8.36. The fraction of sp³-hybridized carbons (Fsp3) is 0.154. The number of sulfonamides is 1. The number of halogens is 1. The lowest BCUT2D eigenvalue weighted by molar-refractivity contribution is 0.600. The minimum atomic E-state index is -3.41. The van der Waals surface area contributed by atoms with Gasteiger partial charge in [-0.25, -0.2) is 8.42 Å². The van der Waals surface area contributed by atoms with Gasteiger partial charge in [0.05, 0.1) is 5.75 Å². The van der Waals surface area contributed by atoms with E-state index in [4.69, 9.17) is 5.73 Å². The molecule has 0 radical (unpaired) electrons. The molecule has 0 saturated heterocycles. The summed E-state index contributed by atoms with van der Waals surface area (Å²) in [7, 11) is -3.41. The van der Waals surface area contributed by atoms with Crippen LogP contribution in [0.2, 0.25) is 0 Å². The molecule has 0 aliphatic heterocycles. The Morgan fingerprint density at radius 3 is 2.70 bits per heavy atom. The number of nitrogen functional groups attached to an aromatic ring is 1. The minimum absolute atomic E-state index is 0.0218. The van der Waals surface area contributed by atoms with E-state index in [1.165, 1.54) is 0 Å². The monoisotopic (exact) mass is 355 g/mol. The summed E-state index contributed by atoms with van der Waals surface area (Å²) < 4.78 is 27.1. The van der Waals surface area contributed by atoms with Gasteiger partial charge in [0.15, 0.2) is 0 Å². The van der Waals surface area contributed by atoms with E-state index in [1.54, 1.807) is 36.5 Å². The highest BCUT2D eigenvalue weighted by Gasteiger charge is 2.11. The van der Waals surface area contributed by atoms with Crippen LogP contribution < -0.4 is 10.5 Å². The van der Waals surface area contributed by atoms with Gasteiger partial charge >= 0.3 is 0 Å². The number of nitrogens with zero attached hydrogens (tertiary/aromatic N) is 1. The Morgan fingerprint density at radius 1 is 1.25 bits per heavy atom. The highest BCUT2D eigenvalue weighted by Crippen LogP contribution is 2.23. The highest BCUT2D eigenvalue weighted by atomic mass is 79.9. The molecule has 1 heterocycles. The molecule has 1 aromatic carbocycles. The molecule has 0 spiro atoms. The maximum atomic E-state index is 12.0. The van der Waals surface area contributed by atoms with Gasteiger partial charge in [0.25, 0.3) is 0 Å². The van der Waals surface area contributed by atoms with Gasteiger partial charge in [-0.15, -0.1) is 0 Å². The first-order chi connectivity index (χ1) is 9.46. The SMILES string of the molecule is Nc1ccc(NS(=O)(=O)CCc2ccccn2)cc1Br. The third kappa shape index (κ3) is 4.21. The zero-order valence-corrected chi connectivity index (χ0v) is 13.0. The van der Waals surface area contributed by atoms with Crippen LogP contribution in [0.15, 0.2) is 47.1 Å². The molecule has 0 saturated carbocycles.